The Labute approximate surface area is 125 Å². The van der Waals surface area contributed by atoms with Crippen molar-refractivity contribution >= 4 is 18.3 Å². The maximum atomic E-state index is 12.1. The van der Waals surface area contributed by atoms with Crippen molar-refractivity contribution in [1.29, 1.82) is 0 Å². The number of aromatic nitrogens is 2. The first-order valence-corrected chi connectivity index (χ1v) is 6.91. The molecule has 0 aliphatic heterocycles. The van der Waals surface area contributed by atoms with Gasteiger partial charge in [-0.15, -0.1) is 12.4 Å². The quantitative estimate of drug-likeness (QED) is 0.867. The van der Waals surface area contributed by atoms with Gasteiger partial charge in [0.25, 0.3) is 0 Å². The molecule has 1 fully saturated rings. The first-order valence-electron chi connectivity index (χ1n) is 6.91. The monoisotopic (exact) mass is 302 g/mol. The Morgan fingerprint density at radius 3 is 2.75 bits per heavy atom. The molecule has 7 heteroatoms. The molecule has 2 rings (SSSR count). The second kappa shape index (κ2) is 7.59. The van der Waals surface area contributed by atoms with Gasteiger partial charge in [0.05, 0.1) is 6.04 Å². The van der Waals surface area contributed by atoms with Crippen molar-refractivity contribution in [3.8, 4) is 0 Å². The van der Waals surface area contributed by atoms with Gasteiger partial charge in [0.1, 0.15) is 0 Å². The SMILES string of the molecule is CC(NC(=O)CC1(CN)CCCCC1)c1ncon1.Cl. The van der Waals surface area contributed by atoms with Gasteiger partial charge >= 0.3 is 0 Å². The van der Waals surface area contributed by atoms with Crippen LogP contribution in [-0.4, -0.2) is 22.6 Å². The Morgan fingerprint density at radius 2 is 2.20 bits per heavy atom. The third-order valence-corrected chi connectivity index (χ3v) is 4.03. The zero-order valence-electron chi connectivity index (χ0n) is 11.8. The van der Waals surface area contributed by atoms with Gasteiger partial charge in [-0.25, -0.2) is 0 Å². The Hall–Kier alpha value is -1.14. The zero-order chi connectivity index (χ0) is 13.7. The fraction of sp³-hybridized carbons (Fsp3) is 0.769. The molecule has 0 radical (unpaired) electrons. The first kappa shape index (κ1) is 16.9. The largest absolute Gasteiger partial charge is 0.346 e. The van der Waals surface area contributed by atoms with Gasteiger partial charge in [0.15, 0.2) is 5.82 Å². The fourth-order valence-corrected chi connectivity index (χ4v) is 2.82. The minimum absolute atomic E-state index is 0. The highest BCUT2D eigenvalue weighted by Gasteiger charge is 2.33. The number of halogens is 1. The molecule has 20 heavy (non-hydrogen) atoms. The smallest absolute Gasteiger partial charge is 0.221 e. The molecule has 0 aromatic carbocycles. The van der Waals surface area contributed by atoms with Gasteiger partial charge in [-0.1, -0.05) is 24.4 Å². The van der Waals surface area contributed by atoms with Crippen molar-refractivity contribution in [2.45, 2.75) is 51.5 Å². The predicted molar refractivity (Wildman–Crippen MR) is 77.3 cm³/mol. The second-order valence-corrected chi connectivity index (χ2v) is 5.52. The molecule has 0 bridgehead atoms. The van der Waals surface area contributed by atoms with E-state index in [9.17, 15) is 4.79 Å². The van der Waals surface area contributed by atoms with Crippen molar-refractivity contribution in [3.63, 3.8) is 0 Å². The highest BCUT2D eigenvalue weighted by Crippen LogP contribution is 2.38. The summed E-state index contributed by atoms with van der Waals surface area (Å²) < 4.78 is 4.68. The van der Waals surface area contributed by atoms with E-state index >= 15 is 0 Å². The number of carbonyl (C=O) groups excluding carboxylic acids is 1. The molecule has 6 nitrogen and oxygen atoms in total. The van der Waals surface area contributed by atoms with E-state index in [1.54, 1.807) is 0 Å². The van der Waals surface area contributed by atoms with Crippen LogP contribution in [-0.2, 0) is 4.79 Å². The molecule has 0 saturated heterocycles. The minimum Gasteiger partial charge on any atom is -0.346 e. The van der Waals surface area contributed by atoms with Crippen molar-refractivity contribution in [2.75, 3.05) is 6.54 Å². The number of nitrogens with zero attached hydrogens (tertiary/aromatic N) is 2. The Balaban J connectivity index is 0.00000200. The van der Waals surface area contributed by atoms with E-state index < -0.39 is 0 Å². The van der Waals surface area contributed by atoms with Crippen LogP contribution < -0.4 is 11.1 Å². The second-order valence-electron chi connectivity index (χ2n) is 5.52. The summed E-state index contributed by atoms with van der Waals surface area (Å²) in [6.07, 6.45) is 7.45. The number of rotatable bonds is 5. The molecule has 3 N–H and O–H groups in total. The van der Waals surface area contributed by atoms with Gasteiger partial charge in [-0.2, -0.15) is 4.98 Å². The third-order valence-electron chi connectivity index (χ3n) is 4.03. The van der Waals surface area contributed by atoms with Crippen LogP contribution in [0.1, 0.15) is 57.3 Å². The average Bonchev–Trinajstić information content (AvgIpc) is 2.93. The van der Waals surface area contributed by atoms with E-state index in [4.69, 9.17) is 5.73 Å². The van der Waals surface area contributed by atoms with Crippen molar-refractivity contribution in [1.82, 2.24) is 15.5 Å². The molecule has 0 spiro atoms. The standard InChI is InChI=1S/C13H22N4O2.ClH/c1-10(12-15-9-19-17-12)16-11(18)7-13(8-14)5-3-2-4-6-13;/h9-10H,2-8,14H2,1H3,(H,16,18);1H. The van der Waals surface area contributed by atoms with Crippen LogP contribution >= 0.6 is 12.4 Å². The van der Waals surface area contributed by atoms with E-state index in [2.05, 4.69) is 20.0 Å². The van der Waals surface area contributed by atoms with Crippen LogP contribution in [0, 0.1) is 5.41 Å². The molecule has 1 aromatic rings. The van der Waals surface area contributed by atoms with Crippen molar-refractivity contribution < 1.29 is 9.32 Å². The number of hydrogen-bond donors (Lipinski definition) is 2. The first-order chi connectivity index (χ1) is 9.15. The Morgan fingerprint density at radius 1 is 1.50 bits per heavy atom. The Kier molecular flexibility index (Phi) is 6.42. The highest BCUT2D eigenvalue weighted by atomic mass is 35.5. The molecule has 1 amide bonds. The fourth-order valence-electron chi connectivity index (χ4n) is 2.82. The van der Waals surface area contributed by atoms with Crippen LogP contribution in [0.5, 0.6) is 0 Å². The van der Waals surface area contributed by atoms with Crippen LogP contribution in [0.25, 0.3) is 0 Å². The lowest BCUT2D eigenvalue weighted by Gasteiger charge is -2.35. The van der Waals surface area contributed by atoms with E-state index in [0.717, 1.165) is 12.8 Å². The molecule has 114 valence electrons. The summed E-state index contributed by atoms with van der Waals surface area (Å²) in [4.78, 5) is 16.1. The number of hydrogen-bond acceptors (Lipinski definition) is 5. The lowest BCUT2D eigenvalue weighted by Crippen LogP contribution is -2.39. The maximum Gasteiger partial charge on any atom is 0.221 e. The van der Waals surface area contributed by atoms with Gasteiger partial charge in [-0.3, -0.25) is 4.79 Å². The van der Waals surface area contributed by atoms with Gasteiger partial charge < -0.3 is 15.6 Å². The number of nitrogens with two attached hydrogens (primary N) is 1. The number of nitrogens with one attached hydrogen (secondary N) is 1. The van der Waals surface area contributed by atoms with Crippen LogP contribution in [0.4, 0.5) is 0 Å². The minimum atomic E-state index is -0.232. The van der Waals surface area contributed by atoms with E-state index in [1.807, 2.05) is 6.92 Å². The molecule has 1 atom stereocenters. The summed E-state index contributed by atoms with van der Waals surface area (Å²) in [5.74, 6) is 0.517. The molecular weight excluding hydrogens is 280 g/mol. The van der Waals surface area contributed by atoms with Gasteiger partial charge in [0, 0.05) is 6.42 Å². The topological polar surface area (TPSA) is 94.0 Å². The Bertz CT molecular complexity index is 405. The molecule has 1 saturated carbocycles. The van der Waals surface area contributed by atoms with E-state index in [1.165, 1.54) is 25.7 Å². The lowest BCUT2D eigenvalue weighted by molar-refractivity contribution is -0.124. The predicted octanol–water partition coefficient (Wildman–Crippen LogP) is 1.97. The summed E-state index contributed by atoms with van der Waals surface area (Å²) in [6, 6.07) is -0.232. The number of amides is 1. The maximum absolute atomic E-state index is 12.1. The average molecular weight is 303 g/mol. The van der Waals surface area contributed by atoms with E-state index in [0.29, 0.717) is 18.8 Å². The van der Waals surface area contributed by atoms with E-state index in [-0.39, 0.29) is 29.8 Å². The van der Waals surface area contributed by atoms with Crippen LogP contribution in [0.3, 0.4) is 0 Å². The van der Waals surface area contributed by atoms with Crippen LogP contribution in [0.2, 0.25) is 0 Å². The number of carbonyl (C=O) groups is 1. The molecule has 1 aromatic heterocycles. The normalized spacial score (nSPS) is 18.9. The molecular formula is C13H23ClN4O2. The molecule has 1 heterocycles. The van der Waals surface area contributed by atoms with Gasteiger partial charge in [0.2, 0.25) is 12.3 Å². The summed E-state index contributed by atoms with van der Waals surface area (Å²) in [5, 5.41) is 6.64. The lowest BCUT2D eigenvalue weighted by atomic mass is 9.71. The van der Waals surface area contributed by atoms with Crippen molar-refractivity contribution in [3.05, 3.63) is 12.2 Å². The molecule has 1 aliphatic carbocycles. The summed E-state index contributed by atoms with van der Waals surface area (Å²) in [5.41, 5.74) is 5.88. The van der Waals surface area contributed by atoms with Crippen molar-refractivity contribution in [2.24, 2.45) is 11.1 Å². The highest BCUT2D eigenvalue weighted by molar-refractivity contribution is 5.85. The molecule has 1 unspecified atom stereocenters. The summed E-state index contributed by atoms with van der Waals surface area (Å²) in [6.45, 7) is 2.43. The van der Waals surface area contributed by atoms with Crippen LogP contribution in [0.15, 0.2) is 10.9 Å². The molecule has 1 aliphatic rings. The summed E-state index contributed by atoms with van der Waals surface area (Å²) >= 11 is 0. The van der Waals surface area contributed by atoms with Gasteiger partial charge in [-0.05, 0) is 31.7 Å². The summed E-state index contributed by atoms with van der Waals surface area (Å²) in [7, 11) is 0. The zero-order valence-corrected chi connectivity index (χ0v) is 12.6. The third kappa shape index (κ3) is 4.18.